The number of carboxylic acid groups (broad SMARTS) is 1. The molecule has 0 bridgehead atoms. The first-order valence-electron chi connectivity index (χ1n) is 9.55. The van der Waals surface area contributed by atoms with E-state index in [1.165, 1.54) is 15.2 Å². The van der Waals surface area contributed by atoms with Gasteiger partial charge in [-0.3, -0.25) is 9.59 Å². The third-order valence-electron chi connectivity index (χ3n) is 5.53. The van der Waals surface area contributed by atoms with Crippen molar-refractivity contribution in [1.29, 1.82) is 0 Å². The number of ether oxygens (including phenoxy) is 1. The number of rotatable bonds is 6. The van der Waals surface area contributed by atoms with Gasteiger partial charge < -0.3 is 40.7 Å². The Balaban J connectivity index is 0.00000306. The van der Waals surface area contributed by atoms with Crippen molar-refractivity contribution in [3.63, 3.8) is 0 Å². The van der Waals surface area contributed by atoms with E-state index in [4.69, 9.17) is 10.5 Å². The molecule has 0 spiro atoms. The normalized spacial score (nSPS) is 26.3. The number of oxime groups is 1. The molecule has 1 aromatic rings. The fourth-order valence-corrected chi connectivity index (χ4v) is 5.57. The number of likely N-dealkylation sites (tertiary alicyclic amines) is 1. The molecule has 4 heterocycles. The van der Waals surface area contributed by atoms with Crippen LogP contribution in [0.4, 0.5) is 9.93 Å². The molecule has 16 heteroatoms. The van der Waals surface area contributed by atoms with Crippen molar-refractivity contribution in [2.45, 2.75) is 17.8 Å². The topological polar surface area (TPSA) is 191 Å². The van der Waals surface area contributed by atoms with E-state index >= 15 is 0 Å². The van der Waals surface area contributed by atoms with Crippen LogP contribution in [0.5, 0.6) is 0 Å². The smallest absolute Gasteiger partial charge is 0.549 e. The minimum Gasteiger partial charge on any atom is -0.549 e. The predicted molar refractivity (Wildman–Crippen MR) is 110 cm³/mol. The Hall–Kier alpha value is -2.07. The second kappa shape index (κ2) is 10.0. The third kappa shape index (κ3) is 4.77. The first-order valence-corrected chi connectivity index (χ1v) is 11.5. The van der Waals surface area contributed by atoms with Crippen molar-refractivity contribution in [3.05, 3.63) is 11.1 Å². The molecule has 3 amide bonds. The molecule has 0 aliphatic carbocycles. The van der Waals surface area contributed by atoms with Gasteiger partial charge >= 0.3 is 35.7 Å². The molecule has 13 nitrogen and oxygen atoms in total. The number of carbonyl (C=O) groups excluding carboxylic acids is 4. The fourth-order valence-electron chi connectivity index (χ4n) is 3.51. The Morgan fingerprint density at radius 2 is 2.15 bits per heavy atom. The molecule has 3 aliphatic heterocycles. The van der Waals surface area contributed by atoms with Gasteiger partial charge in [-0.05, 0) is 6.42 Å². The molecule has 3 saturated heterocycles. The molecule has 172 valence electrons. The molecular weight excluding hydrogens is 487 g/mol. The number of carboxylic acids is 1. The summed E-state index contributed by atoms with van der Waals surface area (Å²) in [7, 11) is 0. The van der Waals surface area contributed by atoms with Gasteiger partial charge in [-0.25, -0.2) is 9.78 Å². The minimum absolute atomic E-state index is 0. The second-order valence-electron chi connectivity index (χ2n) is 7.60. The maximum absolute atomic E-state index is 12.6. The number of aliphatic carboxylic acids is 1. The van der Waals surface area contributed by atoms with Gasteiger partial charge in [0, 0.05) is 30.8 Å². The van der Waals surface area contributed by atoms with Gasteiger partial charge in [-0.1, -0.05) is 5.16 Å². The number of thioether (sulfide) groups is 1. The quantitative estimate of drug-likeness (QED) is 0.111. The van der Waals surface area contributed by atoms with Gasteiger partial charge in [0.1, 0.15) is 23.7 Å². The zero-order chi connectivity index (χ0) is 23.0. The molecule has 3 fully saturated rings. The zero-order valence-corrected chi connectivity index (χ0v) is 21.2. The summed E-state index contributed by atoms with van der Waals surface area (Å²) in [5, 5.41) is 27.6. The monoisotopic (exact) mass is 506 g/mol. The number of amides is 3. The van der Waals surface area contributed by atoms with E-state index in [1.54, 1.807) is 0 Å². The number of anilines is 1. The van der Waals surface area contributed by atoms with Gasteiger partial charge in [0.25, 0.3) is 5.91 Å². The van der Waals surface area contributed by atoms with E-state index in [2.05, 4.69) is 15.5 Å². The van der Waals surface area contributed by atoms with Gasteiger partial charge in [0.15, 0.2) is 10.8 Å². The number of nitrogens with zero attached hydrogens (tertiary/aromatic N) is 4. The number of fused-ring (bicyclic) bond motifs is 1. The molecule has 4 rings (SSSR count). The van der Waals surface area contributed by atoms with E-state index in [9.17, 15) is 29.5 Å². The third-order valence-corrected chi connectivity index (χ3v) is 7.79. The average Bonchev–Trinajstić information content (AvgIpc) is 3.15. The maximum atomic E-state index is 12.6. The Morgan fingerprint density at radius 1 is 1.42 bits per heavy atom. The van der Waals surface area contributed by atoms with Gasteiger partial charge in [-0.2, -0.15) is 0 Å². The summed E-state index contributed by atoms with van der Waals surface area (Å²) in [4.78, 5) is 55.6. The minimum atomic E-state index is -1.55. The number of hydrogen-bond donors (Lipinski definition) is 3. The van der Waals surface area contributed by atoms with Crippen molar-refractivity contribution < 1.29 is 63.8 Å². The van der Waals surface area contributed by atoms with Crippen LogP contribution in [-0.2, 0) is 19.1 Å². The van der Waals surface area contributed by atoms with Crippen LogP contribution in [0, 0.1) is 5.41 Å². The van der Waals surface area contributed by atoms with Crippen molar-refractivity contribution >= 4 is 57.8 Å². The summed E-state index contributed by atoms with van der Waals surface area (Å²) in [6.45, 7) is 0.492. The first kappa shape index (κ1) is 25.6. The molecule has 4 N–H and O–H groups in total. The molecule has 2 unspecified atom stereocenters. The summed E-state index contributed by atoms with van der Waals surface area (Å²) in [6.07, 6.45) is 0.272. The maximum Gasteiger partial charge on any atom is 1.00 e. The largest absolute Gasteiger partial charge is 1.00 e. The van der Waals surface area contributed by atoms with Crippen molar-refractivity contribution in [3.8, 4) is 0 Å². The number of aromatic nitrogens is 1. The van der Waals surface area contributed by atoms with Crippen LogP contribution >= 0.6 is 23.1 Å². The van der Waals surface area contributed by atoms with E-state index in [0.29, 0.717) is 13.1 Å². The zero-order valence-electron chi connectivity index (χ0n) is 17.6. The number of carbonyl (C=O) groups is 4. The predicted octanol–water partition coefficient (Wildman–Crippen LogP) is -5.11. The van der Waals surface area contributed by atoms with E-state index in [0.717, 1.165) is 29.5 Å². The number of β-lactam (4-membered cyclic amide) rings is 1. The number of nitrogens with two attached hydrogens (primary N) is 1. The Morgan fingerprint density at radius 3 is 2.70 bits per heavy atom. The second-order valence-corrected chi connectivity index (χ2v) is 9.60. The van der Waals surface area contributed by atoms with E-state index < -0.39 is 53.0 Å². The molecule has 0 radical (unpaired) electrons. The Bertz CT molecular complexity index is 1000. The van der Waals surface area contributed by atoms with Crippen LogP contribution in [0.25, 0.3) is 0 Å². The average molecular weight is 506 g/mol. The molecule has 0 aromatic carbocycles. The summed E-state index contributed by atoms with van der Waals surface area (Å²) in [6, 6.07) is -0.941. The molecule has 3 aliphatic rings. The van der Waals surface area contributed by atoms with Crippen LogP contribution in [0.1, 0.15) is 12.1 Å². The fraction of sp³-hybridized carbons (Fsp3) is 0.529. The molecule has 33 heavy (non-hydrogen) atoms. The van der Waals surface area contributed by atoms with Gasteiger partial charge in [0.05, 0.1) is 11.4 Å². The van der Waals surface area contributed by atoms with Crippen molar-refractivity contribution in [1.82, 2.24) is 20.1 Å². The summed E-state index contributed by atoms with van der Waals surface area (Å²) < 4.78 is 5.17. The molecule has 3 atom stereocenters. The standard InChI is InChI=1S/C17H20N6O7S2.Na/c18-15-19-8(4-31-15)9(21-29)11(24)20-10-12(25)23-5-17(14(26)27,7-32-13(10)23)6-30-16(28)22-2-1-3-22;/h4,10,13,29H,1-3,5-7H2,(H2,18,19)(H,20,24)(H,26,27);/q;+1/p-1/t10?,13-,17?;/m1./s1. The number of thiazole rings is 1. The molecular formula is C17H19N6NaO7S2. The molecule has 0 saturated carbocycles. The number of nitrogens with one attached hydrogen (secondary N) is 1. The summed E-state index contributed by atoms with van der Waals surface area (Å²) in [5.41, 5.74) is 3.64. The van der Waals surface area contributed by atoms with Crippen LogP contribution in [0.3, 0.4) is 0 Å². The van der Waals surface area contributed by atoms with Crippen molar-refractivity contribution in [2.75, 3.05) is 37.7 Å². The Labute approximate surface area is 218 Å². The van der Waals surface area contributed by atoms with Crippen LogP contribution in [-0.4, -0.2) is 93.0 Å². The number of nitrogen functional groups attached to an aromatic ring is 1. The summed E-state index contributed by atoms with van der Waals surface area (Å²) >= 11 is 2.18. The van der Waals surface area contributed by atoms with E-state index in [-0.39, 0.29) is 52.7 Å². The van der Waals surface area contributed by atoms with Crippen molar-refractivity contribution in [2.24, 2.45) is 10.6 Å². The summed E-state index contributed by atoms with van der Waals surface area (Å²) in [5.74, 6) is -2.73. The van der Waals surface area contributed by atoms with Crippen LogP contribution < -0.4 is 45.7 Å². The van der Waals surface area contributed by atoms with E-state index in [1.807, 2.05) is 0 Å². The van der Waals surface area contributed by atoms with Crippen LogP contribution in [0.15, 0.2) is 10.5 Å². The van der Waals surface area contributed by atoms with Gasteiger partial charge in [0.2, 0.25) is 5.91 Å². The van der Waals surface area contributed by atoms with Crippen LogP contribution in [0.2, 0.25) is 0 Å². The first-order chi connectivity index (χ1) is 15.3. The molecule has 1 aromatic heterocycles. The van der Waals surface area contributed by atoms with Gasteiger partial charge in [-0.15, -0.1) is 23.1 Å². The Kier molecular flexibility index (Phi) is 7.78. The number of hydrogen-bond acceptors (Lipinski definition) is 12. The SMILES string of the molecule is Nc1nc(C(=NO)C(=O)NC2C(=O)N3CC(COC(=O)N4CCC4)(C(=O)[O-])CS[C@H]23)cs1.[Na+].